The third-order valence-corrected chi connectivity index (χ3v) is 4.12. The van der Waals surface area contributed by atoms with E-state index in [4.69, 9.17) is 16.7 Å². The van der Waals surface area contributed by atoms with Crippen LogP contribution in [-0.4, -0.2) is 40.6 Å². The zero-order chi connectivity index (χ0) is 13.8. The highest BCUT2D eigenvalue weighted by Crippen LogP contribution is 2.27. The molecule has 1 aliphatic carbocycles. The number of hydrogen-bond acceptors (Lipinski definition) is 3. The van der Waals surface area contributed by atoms with Gasteiger partial charge in [0.05, 0.1) is 0 Å². The van der Waals surface area contributed by atoms with Crippen molar-refractivity contribution in [3.8, 4) is 0 Å². The summed E-state index contributed by atoms with van der Waals surface area (Å²) in [5.41, 5.74) is 0.576. The number of carbonyl (C=O) groups is 1. The average molecular weight is 283 g/mol. The Kier molecular flexibility index (Phi) is 4.77. The minimum Gasteiger partial charge on any atom is -0.396 e. The Balaban J connectivity index is 2.00. The van der Waals surface area contributed by atoms with E-state index in [1.807, 2.05) is 7.05 Å². The Morgan fingerprint density at radius 2 is 2.16 bits per heavy atom. The molecule has 1 aromatic rings. The number of aliphatic hydroxyl groups excluding tert-OH is 1. The number of pyridine rings is 1. The third kappa shape index (κ3) is 3.45. The van der Waals surface area contributed by atoms with E-state index in [2.05, 4.69) is 4.98 Å². The Labute approximate surface area is 118 Å². The lowest BCUT2D eigenvalue weighted by molar-refractivity contribution is 0.0652. The summed E-state index contributed by atoms with van der Waals surface area (Å²) in [5.74, 6) is 0.381. The van der Waals surface area contributed by atoms with Gasteiger partial charge in [-0.05, 0) is 43.7 Å². The van der Waals surface area contributed by atoms with Crippen molar-refractivity contribution in [1.29, 1.82) is 0 Å². The van der Waals surface area contributed by atoms with Crippen LogP contribution in [0.4, 0.5) is 0 Å². The molecule has 0 saturated heterocycles. The summed E-state index contributed by atoms with van der Waals surface area (Å²) in [7, 11) is 1.83. The molecule has 19 heavy (non-hydrogen) atoms. The van der Waals surface area contributed by atoms with E-state index in [-0.39, 0.29) is 18.6 Å². The molecule has 1 aromatic heterocycles. The highest BCUT2D eigenvalue weighted by Gasteiger charge is 2.26. The highest BCUT2D eigenvalue weighted by molar-refractivity contribution is 6.29. The largest absolute Gasteiger partial charge is 0.396 e. The smallest absolute Gasteiger partial charge is 0.254 e. The molecule has 1 aliphatic rings. The topological polar surface area (TPSA) is 53.4 Å². The summed E-state index contributed by atoms with van der Waals surface area (Å²) >= 11 is 5.81. The predicted octanol–water partition coefficient (Wildman–Crippen LogP) is 2.36. The summed E-state index contributed by atoms with van der Waals surface area (Å²) in [6.45, 7) is 0.254. The van der Waals surface area contributed by atoms with Gasteiger partial charge in [0.25, 0.3) is 5.91 Å². The predicted molar refractivity (Wildman–Crippen MR) is 74.2 cm³/mol. The summed E-state index contributed by atoms with van der Waals surface area (Å²) in [6, 6.07) is 3.53. The standard InChI is InChI=1S/C14H19ClN2O2/c1-17(12-4-2-10(9-18)3-5-12)14(19)11-6-7-16-13(15)8-11/h6-8,10,12,18H,2-5,9H2,1H3. The van der Waals surface area contributed by atoms with Crippen molar-refractivity contribution in [3.05, 3.63) is 29.0 Å². The normalized spacial score (nSPS) is 23.1. The number of halogens is 1. The molecule has 0 aliphatic heterocycles. The van der Waals surface area contributed by atoms with Crippen LogP contribution in [0, 0.1) is 5.92 Å². The van der Waals surface area contributed by atoms with E-state index >= 15 is 0 Å². The number of rotatable bonds is 3. The summed E-state index contributed by atoms with van der Waals surface area (Å²) < 4.78 is 0. The lowest BCUT2D eigenvalue weighted by Crippen LogP contribution is -2.39. The van der Waals surface area contributed by atoms with Crippen LogP contribution < -0.4 is 0 Å². The molecule has 1 amide bonds. The molecule has 0 atom stereocenters. The summed E-state index contributed by atoms with van der Waals surface area (Å²) in [4.78, 5) is 18.0. The number of aromatic nitrogens is 1. The van der Waals surface area contributed by atoms with Crippen molar-refractivity contribution < 1.29 is 9.90 Å². The van der Waals surface area contributed by atoms with Crippen molar-refractivity contribution in [2.24, 2.45) is 5.92 Å². The fourth-order valence-corrected chi connectivity index (χ4v) is 2.79. The van der Waals surface area contributed by atoms with Crippen LogP contribution in [-0.2, 0) is 0 Å². The zero-order valence-electron chi connectivity index (χ0n) is 11.1. The van der Waals surface area contributed by atoms with Crippen LogP contribution >= 0.6 is 11.6 Å². The molecular formula is C14H19ClN2O2. The first-order valence-corrected chi connectivity index (χ1v) is 6.99. The van der Waals surface area contributed by atoms with Gasteiger partial charge in [-0.1, -0.05) is 11.6 Å². The molecule has 1 heterocycles. The van der Waals surface area contributed by atoms with E-state index in [0.717, 1.165) is 25.7 Å². The van der Waals surface area contributed by atoms with E-state index in [1.165, 1.54) is 0 Å². The number of amides is 1. The minimum absolute atomic E-state index is 0.0169. The number of hydrogen-bond donors (Lipinski definition) is 1. The third-order valence-electron chi connectivity index (χ3n) is 3.92. The maximum absolute atomic E-state index is 12.3. The van der Waals surface area contributed by atoms with Gasteiger partial charge in [-0.15, -0.1) is 0 Å². The lowest BCUT2D eigenvalue weighted by atomic mass is 9.86. The number of carbonyl (C=O) groups excluding carboxylic acids is 1. The van der Waals surface area contributed by atoms with Crippen molar-refractivity contribution in [3.63, 3.8) is 0 Å². The second-order valence-electron chi connectivity index (χ2n) is 5.14. The van der Waals surface area contributed by atoms with Crippen molar-refractivity contribution in [1.82, 2.24) is 9.88 Å². The SMILES string of the molecule is CN(C(=O)c1ccnc(Cl)c1)C1CCC(CO)CC1. The molecule has 0 aromatic carbocycles. The molecule has 2 rings (SSSR count). The average Bonchev–Trinajstić information content (AvgIpc) is 2.46. The van der Waals surface area contributed by atoms with Gasteiger partial charge < -0.3 is 10.0 Å². The van der Waals surface area contributed by atoms with Gasteiger partial charge in [0.2, 0.25) is 0 Å². The molecule has 0 unspecified atom stereocenters. The van der Waals surface area contributed by atoms with Crippen LogP contribution in [0.2, 0.25) is 5.15 Å². The second kappa shape index (κ2) is 6.35. The molecule has 1 saturated carbocycles. The van der Waals surface area contributed by atoms with Gasteiger partial charge in [0.15, 0.2) is 0 Å². The Bertz CT molecular complexity index is 445. The molecule has 1 N–H and O–H groups in total. The zero-order valence-corrected chi connectivity index (χ0v) is 11.8. The lowest BCUT2D eigenvalue weighted by Gasteiger charge is -2.34. The minimum atomic E-state index is -0.0169. The molecular weight excluding hydrogens is 264 g/mol. The van der Waals surface area contributed by atoms with E-state index in [0.29, 0.717) is 16.6 Å². The van der Waals surface area contributed by atoms with E-state index in [9.17, 15) is 4.79 Å². The maximum Gasteiger partial charge on any atom is 0.254 e. The fourth-order valence-electron chi connectivity index (χ4n) is 2.62. The van der Waals surface area contributed by atoms with Crippen molar-refractivity contribution in [2.75, 3.05) is 13.7 Å². The van der Waals surface area contributed by atoms with Crippen LogP contribution in [0.15, 0.2) is 18.3 Å². The molecule has 5 heteroatoms. The van der Waals surface area contributed by atoms with Gasteiger partial charge >= 0.3 is 0 Å². The molecule has 1 fully saturated rings. The summed E-state index contributed by atoms with van der Waals surface area (Å²) in [5, 5.41) is 9.47. The number of nitrogens with zero attached hydrogens (tertiary/aromatic N) is 2. The first-order chi connectivity index (χ1) is 9.11. The van der Waals surface area contributed by atoms with Crippen LogP contribution in [0.1, 0.15) is 36.0 Å². The Hall–Kier alpha value is -1.13. The van der Waals surface area contributed by atoms with E-state index < -0.39 is 0 Å². The quantitative estimate of drug-likeness (QED) is 0.866. The van der Waals surface area contributed by atoms with Gasteiger partial charge in [0, 0.05) is 31.5 Å². The highest BCUT2D eigenvalue weighted by atomic mass is 35.5. The molecule has 0 bridgehead atoms. The van der Waals surface area contributed by atoms with Crippen LogP contribution in [0.5, 0.6) is 0 Å². The van der Waals surface area contributed by atoms with Gasteiger partial charge in [-0.3, -0.25) is 4.79 Å². The maximum atomic E-state index is 12.3. The van der Waals surface area contributed by atoms with E-state index in [1.54, 1.807) is 23.2 Å². The summed E-state index contributed by atoms with van der Waals surface area (Å²) in [6.07, 6.45) is 5.41. The van der Waals surface area contributed by atoms with Crippen LogP contribution in [0.3, 0.4) is 0 Å². The molecule has 0 radical (unpaired) electrons. The Morgan fingerprint density at radius 3 is 2.74 bits per heavy atom. The number of aliphatic hydroxyl groups is 1. The second-order valence-corrected chi connectivity index (χ2v) is 5.53. The van der Waals surface area contributed by atoms with Crippen molar-refractivity contribution in [2.45, 2.75) is 31.7 Å². The van der Waals surface area contributed by atoms with Gasteiger partial charge in [0.1, 0.15) is 5.15 Å². The monoisotopic (exact) mass is 282 g/mol. The first kappa shape index (κ1) is 14.3. The van der Waals surface area contributed by atoms with Crippen LogP contribution in [0.25, 0.3) is 0 Å². The molecule has 0 spiro atoms. The molecule has 104 valence electrons. The Morgan fingerprint density at radius 1 is 1.47 bits per heavy atom. The van der Waals surface area contributed by atoms with Gasteiger partial charge in [-0.25, -0.2) is 4.98 Å². The van der Waals surface area contributed by atoms with Gasteiger partial charge in [-0.2, -0.15) is 0 Å². The fraction of sp³-hybridized carbons (Fsp3) is 0.571. The van der Waals surface area contributed by atoms with Crippen molar-refractivity contribution >= 4 is 17.5 Å². The molecule has 4 nitrogen and oxygen atoms in total. The first-order valence-electron chi connectivity index (χ1n) is 6.61.